The van der Waals surface area contributed by atoms with Crippen molar-refractivity contribution in [2.45, 2.75) is 13.1 Å². The van der Waals surface area contributed by atoms with Crippen molar-refractivity contribution >= 4 is 40.1 Å². The van der Waals surface area contributed by atoms with E-state index in [1.54, 1.807) is 0 Å². The topological polar surface area (TPSA) is 25.8 Å². The molecule has 0 saturated carbocycles. The molecule has 0 radical (unpaired) electrons. The Bertz CT molecular complexity index is 2500. The van der Waals surface area contributed by atoms with Gasteiger partial charge in [-0.1, -0.05) is 153 Å². The Labute approximate surface area is 276 Å². The number of hydrogen-bond donors (Lipinski definition) is 0. The normalized spacial score (nSPS) is 13.1. The zero-order valence-electron chi connectivity index (χ0n) is 26.4. The second-order valence-electron chi connectivity index (χ2n) is 13.0. The van der Waals surface area contributed by atoms with Crippen molar-refractivity contribution < 1.29 is 0 Å². The quantitative estimate of drug-likeness (QED) is 0.145. The molecule has 0 fully saturated rings. The van der Waals surface area contributed by atoms with Gasteiger partial charge >= 0.3 is 0 Å². The molecule has 8 aromatic rings. The minimum Gasteiger partial charge on any atom is -0.237 e. The molecule has 7 aromatic carbocycles. The maximum Gasteiger partial charge on any atom is 0.159 e. The van der Waals surface area contributed by atoms with E-state index in [4.69, 9.17) is 9.97 Å². The maximum absolute atomic E-state index is 5.39. The molecule has 1 aromatic heterocycles. The lowest BCUT2D eigenvalue weighted by Crippen LogP contribution is -2.50. The zero-order chi connectivity index (χ0) is 31.5. The fourth-order valence-electron chi connectivity index (χ4n) is 7.47. The summed E-state index contributed by atoms with van der Waals surface area (Å²) < 4.78 is 0. The van der Waals surface area contributed by atoms with Crippen molar-refractivity contribution in [2.75, 3.05) is 0 Å². The Morgan fingerprint density at radius 2 is 1.02 bits per heavy atom. The van der Waals surface area contributed by atoms with Crippen LogP contribution in [0.5, 0.6) is 0 Å². The third-order valence-electron chi connectivity index (χ3n) is 9.81. The van der Waals surface area contributed by atoms with Gasteiger partial charge in [0.2, 0.25) is 0 Å². The molecule has 47 heavy (non-hydrogen) atoms. The number of benzene rings is 7. The van der Waals surface area contributed by atoms with Gasteiger partial charge in [-0.15, -0.1) is 0 Å². The molecule has 0 saturated heterocycles. The van der Waals surface area contributed by atoms with Crippen LogP contribution in [0.25, 0.3) is 77.6 Å². The minimum absolute atomic E-state index is 0.787. The Morgan fingerprint density at radius 3 is 1.83 bits per heavy atom. The second kappa shape index (κ2) is 10.7. The van der Waals surface area contributed by atoms with Gasteiger partial charge in [0.1, 0.15) is 8.07 Å². The van der Waals surface area contributed by atoms with Gasteiger partial charge in [-0.25, -0.2) is 9.97 Å². The maximum atomic E-state index is 5.39. The van der Waals surface area contributed by atoms with Crippen LogP contribution in [-0.2, 0) is 0 Å². The van der Waals surface area contributed by atoms with E-state index in [0.29, 0.717) is 0 Å². The second-order valence-corrected chi connectivity index (χ2v) is 17.3. The van der Waals surface area contributed by atoms with Crippen LogP contribution in [0.3, 0.4) is 0 Å². The zero-order valence-corrected chi connectivity index (χ0v) is 27.4. The number of hydrogen-bond acceptors (Lipinski definition) is 2. The minimum atomic E-state index is -2.03. The third-order valence-corrected chi connectivity index (χ3v) is 13.1. The first-order chi connectivity index (χ1) is 23.1. The van der Waals surface area contributed by atoms with Crippen LogP contribution in [0, 0.1) is 0 Å². The van der Waals surface area contributed by atoms with Gasteiger partial charge < -0.3 is 0 Å². The van der Waals surface area contributed by atoms with Crippen molar-refractivity contribution in [3.8, 4) is 56.0 Å². The highest BCUT2D eigenvalue weighted by Crippen LogP contribution is 2.38. The van der Waals surface area contributed by atoms with Crippen LogP contribution < -0.4 is 10.5 Å². The van der Waals surface area contributed by atoms with Crippen LogP contribution >= 0.6 is 0 Å². The Morgan fingerprint density at radius 1 is 0.426 bits per heavy atom. The highest BCUT2D eigenvalue weighted by Gasteiger charge is 2.41. The highest BCUT2D eigenvalue weighted by atomic mass is 28.3. The van der Waals surface area contributed by atoms with Crippen LogP contribution in [0.4, 0.5) is 0 Å². The molecule has 0 spiro atoms. The van der Waals surface area contributed by atoms with Gasteiger partial charge in [0.15, 0.2) is 5.82 Å². The molecular weight excluding hydrogens is 585 g/mol. The number of fused-ring (bicyclic) bond motifs is 6. The molecule has 0 atom stereocenters. The molecule has 0 amide bonds. The van der Waals surface area contributed by atoms with Gasteiger partial charge in [-0.2, -0.15) is 0 Å². The van der Waals surface area contributed by atoms with Gasteiger partial charge in [-0.3, -0.25) is 0 Å². The lowest BCUT2D eigenvalue weighted by Gasteiger charge is -2.19. The summed E-state index contributed by atoms with van der Waals surface area (Å²) in [4.78, 5) is 10.7. The fourth-order valence-corrected chi connectivity index (χ4v) is 10.4. The predicted molar refractivity (Wildman–Crippen MR) is 201 cm³/mol. The SMILES string of the molecule is C[Si]1(C)c2ccccc2-c2c(-c3ccccc3)nc(-c3cccc(-c4cccc(-c5cc6ccccc6c6ccccc56)c4)c3)nc21. The number of nitrogens with zero attached hydrogens (tertiary/aromatic N) is 2. The van der Waals surface area contributed by atoms with E-state index in [0.717, 1.165) is 28.2 Å². The van der Waals surface area contributed by atoms with E-state index in [1.165, 1.54) is 59.9 Å². The molecule has 2 nitrogen and oxygen atoms in total. The van der Waals surface area contributed by atoms with Crippen LogP contribution in [0.1, 0.15) is 0 Å². The summed E-state index contributed by atoms with van der Waals surface area (Å²) in [6, 6.07) is 56.8. The molecule has 9 rings (SSSR count). The molecule has 2 heterocycles. The highest BCUT2D eigenvalue weighted by molar-refractivity contribution is 7.03. The lowest BCUT2D eigenvalue weighted by molar-refractivity contribution is 1.21. The first-order valence-electron chi connectivity index (χ1n) is 16.3. The smallest absolute Gasteiger partial charge is 0.159 e. The van der Waals surface area contributed by atoms with Crippen LogP contribution in [-0.4, -0.2) is 18.0 Å². The van der Waals surface area contributed by atoms with Crippen LogP contribution in [0.2, 0.25) is 13.1 Å². The van der Waals surface area contributed by atoms with E-state index in [9.17, 15) is 0 Å². The van der Waals surface area contributed by atoms with Gasteiger partial charge in [0, 0.05) is 22.0 Å². The van der Waals surface area contributed by atoms with Crippen molar-refractivity contribution in [2.24, 2.45) is 0 Å². The molecular formula is C44H32N2Si. The van der Waals surface area contributed by atoms with Gasteiger partial charge in [0.25, 0.3) is 0 Å². The molecule has 0 unspecified atom stereocenters. The Kier molecular flexibility index (Phi) is 6.31. The van der Waals surface area contributed by atoms with Crippen molar-refractivity contribution in [3.63, 3.8) is 0 Å². The molecule has 0 aliphatic carbocycles. The van der Waals surface area contributed by atoms with E-state index >= 15 is 0 Å². The summed E-state index contributed by atoms with van der Waals surface area (Å²) in [5, 5.41) is 7.75. The van der Waals surface area contributed by atoms with Crippen molar-refractivity contribution in [1.29, 1.82) is 0 Å². The van der Waals surface area contributed by atoms with Crippen molar-refractivity contribution in [3.05, 3.63) is 158 Å². The number of rotatable bonds is 4. The fraction of sp³-hybridized carbons (Fsp3) is 0.0455. The summed E-state index contributed by atoms with van der Waals surface area (Å²) in [5.74, 6) is 0.787. The molecule has 222 valence electrons. The Balaban J connectivity index is 1.19. The Hall–Kier alpha value is -5.64. The standard InChI is InChI=1S/C44H32N2Si/c1-47(2)40-25-11-10-24-38(40)41-42(29-14-4-3-5-15-29)45-43(46-44(41)47)34-20-13-18-31(27-34)30-17-12-19-32(26-30)39-28-33-16-6-7-21-35(33)36-22-8-9-23-37(36)39/h3-28H,1-2H3. The average molecular weight is 617 g/mol. The van der Waals surface area contributed by atoms with Crippen LogP contribution in [0.15, 0.2) is 158 Å². The first-order valence-corrected chi connectivity index (χ1v) is 19.3. The predicted octanol–water partition coefficient (Wildman–Crippen LogP) is 10.3. The monoisotopic (exact) mass is 616 g/mol. The van der Waals surface area contributed by atoms with Gasteiger partial charge in [-0.05, 0) is 72.7 Å². The van der Waals surface area contributed by atoms with Crippen molar-refractivity contribution in [1.82, 2.24) is 9.97 Å². The molecule has 0 N–H and O–H groups in total. The third kappa shape index (κ3) is 4.46. The average Bonchev–Trinajstić information content (AvgIpc) is 3.37. The first kappa shape index (κ1) is 27.6. The molecule has 1 aliphatic heterocycles. The summed E-state index contributed by atoms with van der Waals surface area (Å²) in [6.07, 6.45) is 0. The van der Waals surface area contributed by atoms with E-state index < -0.39 is 8.07 Å². The summed E-state index contributed by atoms with van der Waals surface area (Å²) >= 11 is 0. The number of aromatic nitrogens is 2. The summed E-state index contributed by atoms with van der Waals surface area (Å²) in [6.45, 7) is 4.84. The molecule has 3 heteroatoms. The van der Waals surface area contributed by atoms with Gasteiger partial charge in [0.05, 0.1) is 5.69 Å². The molecule has 0 bridgehead atoms. The van der Waals surface area contributed by atoms with E-state index in [1.807, 2.05) is 0 Å². The summed E-state index contributed by atoms with van der Waals surface area (Å²) in [5.41, 5.74) is 10.5. The molecule has 1 aliphatic rings. The van der Waals surface area contributed by atoms with E-state index in [-0.39, 0.29) is 0 Å². The summed E-state index contributed by atoms with van der Waals surface area (Å²) in [7, 11) is -2.03. The largest absolute Gasteiger partial charge is 0.237 e. The lowest BCUT2D eigenvalue weighted by atomic mass is 9.91. The van der Waals surface area contributed by atoms with E-state index in [2.05, 4.69) is 171 Å².